The second-order valence-corrected chi connectivity index (χ2v) is 4.50. The summed E-state index contributed by atoms with van der Waals surface area (Å²) in [5.41, 5.74) is 0.0491. The average Bonchev–Trinajstić information content (AvgIpc) is 2.45. The molecule has 2 aromatic rings. The summed E-state index contributed by atoms with van der Waals surface area (Å²) in [6.45, 7) is 0. The van der Waals surface area contributed by atoms with Crippen molar-refractivity contribution in [1.29, 1.82) is 0 Å². The van der Waals surface area contributed by atoms with Crippen LogP contribution in [0.5, 0.6) is 0 Å². The molecule has 0 saturated carbocycles. The van der Waals surface area contributed by atoms with Gasteiger partial charge < -0.3 is 20.6 Å². The van der Waals surface area contributed by atoms with E-state index >= 15 is 0 Å². The van der Waals surface area contributed by atoms with Crippen molar-refractivity contribution in [2.45, 2.75) is 12.5 Å². The fraction of sp³-hybridized carbons (Fsp3) is 0.143. The second-order valence-electron chi connectivity index (χ2n) is 4.50. The van der Waals surface area contributed by atoms with Crippen molar-refractivity contribution in [3.8, 4) is 0 Å². The van der Waals surface area contributed by atoms with Crippen molar-refractivity contribution < 1.29 is 29.7 Å². The number of aliphatic carboxylic acids is 2. The van der Waals surface area contributed by atoms with E-state index in [2.05, 4.69) is 10.3 Å². The summed E-state index contributed by atoms with van der Waals surface area (Å²) < 4.78 is 0. The van der Waals surface area contributed by atoms with E-state index in [1.807, 2.05) is 0 Å². The highest BCUT2D eigenvalue weighted by atomic mass is 16.4. The Bertz CT molecular complexity index is 758. The molecule has 1 atom stereocenters. The van der Waals surface area contributed by atoms with Gasteiger partial charge in [-0.3, -0.25) is 4.79 Å². The Labute approximate surface area is 124 Å². The van der Waals surface area contributed by atoms with Crippen LogP contribution in [-0.4, -0.2) is 44.3 Å². The van der Waals surface area contributed by atoms with Gasteiger partial charge in [0.2, 0.25) is 0 Å². The van der Waals surface area contributed by atoms with Gasteiger partial charge in [0.1, 0.15) is 11.9 Å². The first-order chi connectivity index (χ1) is 10.4. The normalized spacial score (nSPS) is 11.8. The SMILES string of the molecule is O=C(O)CC(Nc1nccc2c(C(=O)O)cccc12)C(=O)O. The Hall–Kier alpha value is -3.16. The van der Waals surface area contributed by atoms with Crippen LogP contribution in [-0.2, 0) is 9.59 Å². The fourth-order valence-electron chi connectivity index (χ4n) is 2.05. The summed E-state index contributed by atoms with van der Waals surface area (Å²) in [5.74, 6) is -3.61. The van der Waals surface area contributed by atoms with Crippen molar-refractivity contribution in [2.24, 2.45) is 0 Å². The molecule has 8 heteroatoms. The molecule has 0 aliphatic heterocycles. The minimum Gasteiger partial charge on any atom is -0.481 e. The summed E-state index contributed by atoms with van der Waals surface area (Å²) in [6.07, 6.45) is 0.697. The molecule has 0 aliphatic rings. The molecule has 0 radical (unpaired) electrons. The predicted molar refractivity (Wildman–Crippen MR) is 76.0 cm³/mol. The Morgan fingerprint density at radius 3 is 2.41 bits per heavy atom. The monoisotopic (exact) mass is 304 g/mol. The van der Waals surface area contributed by atoms with Crippen LogP contribution in [0.25, 0.3) is 10.8 Å². The lowest BCUT2D eigenvalue weighted by atomic mass is 10.1. The van der Waals surface area contributed by atoms with Crippen molar-refractivity contribution in [2.75, 3.05) is 5.32 Å². The van der Waals surface area contributed by atoms with E-state index in [0.29, 0.717) is 10.8 Å². The molecule has 8 nitrogen and oxygen atoms in total. The van der Waals surface area contributed by atoms with Gasteiger partial charge in [0, 0.05) is 17.0 Å². The van der Waals surface area contributed by atoms with Crippen LogP contribution in [0.2, 0.25) is 0 Å². The van der Waals surface area contributed by atoms with Crippen LogP contribution in [0, 0.1) is 0 Å². The highest BCUT2D eigenvalue weighted by molar-refractivity contribution is 6.06. The molecule has 1 unspecified atom stereocenters. The molecule has 4 N–H and O–H groups in total. The van der Waals surface area contributed by atoms with Crippen LogP contribution in [0.15, 0.2) is 30.5 Å². The fourth-order valence-corrected chi connectivity index (χ4v) is 2.05. The van der Waals surface area contributed by atoms with Crippen molar-refractivity contribution in [1.82, 2.24) is 4.98 Å². The van der Waals surface area contributed by atoms with Gasteiger partial charge >= 0.3 is 17.9 Å². The maximum Gasteiger partial charge on any atom is 0.336 e. The lowest BCUT2D eigenvalue weighted by Crippen LogP contribution is -2.32. The number of anilines is 1. The standard InChI is InChI=1S/C14H12N2O6/c17-11(18)6-10(14(21)22)16-12-8-2-1-3-9(13(19)20)7(8)4-5-15-12/h1-5,10H,6H2,(H,15,16)(H,17,18)(H,19,20)(H,21,22). The molecule has 22 heavy (non-hydrogen) atoms. The highest BCUT2D eigenvalue weighted by Crippen LogP contribution is 2.25. The van der Waals surface area contributed by atoms with Crippen LogP contribution >= 0.6 is 0 Å². The Kier molecular flexibility index (Phi) is 4.21. The Morgan fingerprint density at radius 1 is 1.09 bits per heavy atom. The second kappa shape index (κ2) is 6.08. The quantitative estimate of drug-likeness (QED) is 0.626. The van der Waals surface area contributed by atoms with Gasteiger partial charge in [-0.2, -0.15) is 0 Å². The number of aromatic carboxylic acids is 1. The van der Waals surface area contributed by atoms with Gasteiger partial charge in [-0.1, -0.05) is 12.1 Å². The molecule has 2 rings (SSSR count). The third-order valence-corrected chi connectivity index (χ3v) is 3.02. The summed E-state index contributed by atoms with van der Waals surface area (Å²) in [4.78, 5) is 37.0. The van der Waals surface area contributed by atoms with E-state index < -0.39 is 30.4 Å². The lowest BCUT2D eigenvalue weighted by Gasteiger charge is -2.15. The topological polar surface area (TPSA) is 137 Å². The van der Waals surface area contributed by atoms with Gasteiger partial charge in [0.25, 0.3) is 0 Å². The molecular weight excluding hydrogens is 292 g/mol. The molecule has 0 aliphatic carbocycles. The van der Waals surface area contributed by atoms with Gasteiger partial charge in [-0.25, -0.2) is 14.6 Å². The third kappa shape index (κ3) is 3.11. The van der Waals surface area contributed by atoms with Gasteiger partial charge in [0.05, 0.1) is 12.0 Å². The summed E-state index contributed by atoms with van der Waals surface area (Å²) in [6, 6.07) is 4.63. The number of hydrogen-bond donors (Lipinski definition) is 4. The molecule has 1 aromatic carbocycles. The molecule has 0 amide bonds. The van der Waals surface area contributed by atoms with Gasteiger partial charge in [-0.05, 0) is 12.1 Å². The lowest BCUT2D eigenvalue weighted by molar-refractivity contribution is -0.144. The van der Waals surface area contributed by atoms with Crippen molar-refractivity contribution >= 4 is 34.5 Å². The number of nitrogens with zero attached hydrogens (tertiary/aromatic N) is 1. The number of carboxylic acid groups (broad SMARTS) is 3. The van der Waals surface area contributed by atoms with E-state index in [-0.39, 0.29) is 11.4 Å². The Morgan fingerprint density at radius 2 is 1.82 bits per heavy atom. The van der Waals surface area contributed by atoms with Gasteiger partial charge in [-0.15, -0.1) is 0 Å². The van der Waals surface area contributed by atoms with E-state index in [1.54, 1.807) is 6.07 Å². The average molecular weight is 304 g/mol. The molecule has 1 aromatic heterocycles. The summed E-state index contributed by atoms with van der Waals surface area (Å²) in [5, 5.41) is 30.3. The Balaban J connectivity index is 2.47. The first-order valence-electron chi connectivity index (χ1n) is 6.22. The van der Waals surface area contributed by atoms with E-state index in [0.717, 1.165) is 0 Å². The first kappa shape index (κ1) is 15.2. The molecule has 0 fully saturated rings. The molecular formula is C14H12N2O6. The summed E-state index contributed by atoms with van der Waals surface area (Å²) >= 11 is 0. The number of aromatic nitrogens is 1. The van der Waals surface area contributed by atoms with Gasteiger partial charge in [0.15, 0.2) is 0 Å². The minimum atomic E-state index is -1.37. The zero-order valence-corrected chi connectivity index (χ0v) is 11.2. The number of rotatable bonds is 6. The first-order valence-corrected chi connectivity index (χ1v) is 6.22. The highest BCUT2D eigenvalue weighted by Gasteiger charge is 2.22. The van der Waals surface area contributed by atoms with Crippen molar-refractivity contribution in [3.63, 3.8) is 0 Å². The molecule has 114 valence electrons. The van der Waals surface area contributed by atoms with E-state index in [4.69, 9.17) is 15.3 Å². The zero-order chi connectivity index (χ0) is 16.3. The van der Waals surface area contributed by atoms with E-state index in [9.17, 15) is 14.4 Å². The molecule has 0 bridgehead atoms. The molecule has 0 spiro atoms. The van der Waals surface area contributed by atoms with Crippen LogP contribution < -0.4 is 5.32 Å². The van der Waals surface area contributed by atoms with Crippen LogP contribution in [0.4, 0.5) is 5.82 Å². The number of benzene rings is 1. The number of nitrogens with one attached hydrogen (secondary N) is 1. The van der Waals surface area contributed by atoms with Crippen molar-refractivity contribution in [3.05, 3.63) is 36.0 Å². The largest absolute Gasteiger partial charge is 0.481 e. The molecule has 1 heterocycles. The third-order valence-electron chi connectivity index (χ3n) is 3.02. The number of pyridine rings is 1. The number of carboxylic acids is 3. The maximum absolute atomic E-state index is 11.2. The number of hydrogen-bond acceptors (Lipinski definition) is 5. The smallest absolute Gasteiger partial charge is 0.336 e. The number of fused-ring (bicyclic) bond motifs is 1. The number of carbonyl (C=O) groups is 3. The zero-order valence-electron chi connectivity index (χ0n) is 11.2. The summed E-state index contributed by atoms with van der Waals surface area (Å²) in [7, 11) is 0. The minimum absolute atomic E-state index is 0.0491. The predicted octanol–water partition coefficient (Wildman–Crippen LogP) is 1.27. The van der Waals surface area contributed by atoms with Crippen LogP contribution in [0.1, 0.15) is 16.8 Å². The maximum atomic E-state index is 11.2. The van der Waals surface area contributed by atoms with Crippen LogP contribution in [0.3, 0.4) is 0 Å². The molecule has 0 saturated heterocycles. The van der Waals surface area contributed by atoms with E-state index in [1.165, 1.54) is 24.4 Å².